The molecule has 7 nitrogen and oxygen atoms in total. The van der Waals surface area contributed by atoms with Gasteiger partial charge in [0.15, 0.2) is 0 Å². The Labute approximate surface area is 194 Å². The summed E-state index contributed by atoms with van der Waals surface area (Å²) in [5.74, 6) is 1.14. The van der Waals surface area contributed by atoms with Gasteiger partial charge in [0.25, 0.3) is 11.4 Å². The third-order valence-corrected chi connectivity index (χ3v) is 6.86. The van der Waals surface area contributed by atoms with Crippen molar-refractivity contribution in [1.29, 1.82) is 0 Å². The topological polar surface area (TPSA) is 95.5 Å². The molecule has 0 spiro atoms. The van der Waals surface area contributed by atoms with E-state index in [4.69, 9.17) is 51.1 Å². The molecule has 0 aliphatic rings. The molecule has 0 radical (unpaired) electrons. The van der Waals surface area contributed by atoms with E-state index in [9.17, 15) is 20.2 Å². The summed E-state index contributed by atoms with van der Waals surface area (Å²) in [5.41, 5.74) is -0.474. The van der Waals surface area contributed by atoms with E-state index in [0.29, 0.717) is 34.5 Å². The average molecular weight is 518 g/mol. The Balaban J connectivity index is 1.75. The minimum absolute atomic E-state index is 0.0258. The number of rotatable bonds is 10. The lowest BCUT2D eigenvalue weighted by molar-refractivity contribution is -0.384. The van der Waals surface area contributed by atoms with Crippen LogP contribution in [-0.4, -0.2) is 34.6 Å². The number of thioether (sulfide) groups is 2. The van der Waals surface area contributed by atoms with Crippen molar-refractivity contribution in [2.45, 2.75) is 9.79 Å². The Hall–Kier alpha value is -0.940. The molecule has 156 valence electrons. The summed E-state index contributed by atoms with van der Waals surface area (Å²) >= 11 is 26.6. The highest BCUT2D eigenvalue weighted by Crippen LogP contribution is 2.37. The maximum Gasteiger partial charge on any atom is 0.289 e. The van der Waals surface area contributed by atoms with Crippen molar-refractivity contribution in [1.82, 2.24) is 0 Å². The molecule has 13 heteroatoms. The number of benzene rings is 2. The number of halogens is 4. The predicted molar refractivity (Wildman–Crippen MR) is 118 cm³/mol. The molecule has 0 heterocycles. The number of ether oxygens (including phenoxy) is 1. The molecule has 29 heavy (non-hydrogen) atoms. The minimum atomic E-state index is -0.589. The van der Waals surface area contributed by atoms with E-state index in [1.165, 1.54) is 47.8 Å². The van der Waals surface area contributed by atoms with Crippen molar-refractivity contribution < 1.29 is 14.6 Å². The normalized spacial score (nSPS) is 10.9. The summed E-state index contributed by atoms with van der Waals surface area (Å²) in [6, 6.07) is 5.37. The van der Waals surface area contributed by atoms with Crippen molar-refractivity contribution in [3.63, 3.8) is 0 Å². The van der Waals surface area contributed by atoms with Crippen LogP contribution in [-0.2, 0) is 4.74 Å². The second-order valence-corrected chi connectivity index (χ2v) is 9.19. The van der Waals surface area contributed by atoms with Gasteiger partial charge in [-0.25, -0.2) is 0 Å². The molecule has 0 unspecified atom stereocenters. The maximum absolute atomic E-state index is 10.8. The van der Waals surface area contributed by atoms with Crippen LogP contribution >= 0.6 is 69.9 Å². The van der Waals surface area contributed by atoms with Crippen LogP contribution in [0.1, 0.15) is 0 Å². The molecule has 0 saturated carbocycles. The van der Waals surface area contributed by atoms with Gasteiger partial charge in [-0.3, -0.25) is 20.2 Å². The van der Waals surface area contributed by atoms with Gasteiger partial charge < -0.3 is 4.74 Å². The SMILES string of the molecule is O=[N+]([O-])c1cc(Cl)c(SCCOCCSc2cc(Cl)c([N+](=O)[O-])cc2Cl)cc1Cl. The Morgan fingerprint density at radius 1 is 0.724 bits per heavy atom. The minimum Gasteiger partial charge on any atom is -0.380 e. The molecule has 0 aromatic heterocycles. The van der Waals surface area contributed by atoms with E-state index >= 15 is 0 Å². The van der Waals surface area contributed by atoms with Gasteiger partial charge in [0, 0.05) is 33.4 Å². The van der Waals surface area contributed by atoms with Crippen LogP contribution in [0.25, 0.3) is 0 Å². The largest absolute Gasteiger partial charge is 0.380 e. The molecule has 0 saturated heterocycles. The lowest BCUT2D eigenvalue weighted by atomic mass is 10.3. The molecule has 0 N–H and O–H groups in total. The zero-order valence-corrected chi connectivity index (χ0v) is 19.1. The number of hydrogen-bond acceptors (Lipinski definition) is 7. The third-order valence-electron chi connectivity index (χ3n) is 3.37. The fourth-order valence-corrected chi connectivity index (χ4v) is 4.94. The van der Waals surface area contributed by atoms with Gasteiger partial charge in [-0.2, -0.15) is 0 Å². The van der Waals surface area contributed by atoms with E-state index in [0.717, 1.165) is 0 Å². The second kappa shape index (κ2) is 11.5. The van der Waals surface area contributed by atoms with Crippen LogP contribution in [0.3, 0.4) is 0 Å². The first kappa shape index (κ1) is 24.3. The monoisotopic (exact) mass is 516 g/mol. The van der Waals surface area contributed by atoms with E-state index in [2.05, 4.69) is 0 Å². The first-order chi connectivity index (χ1) is 13.7. The van der Waals surface area contributed by atoms with Crippen molar-refractivity contribution in [2.24, 2.45) is 0 Å². The lowest BCUT2D eigenvalue weighted by Gasteiger charge is -2.08. The molecule has 2 rings (SSSR count). The standard InChI is InChI=1S/C16H12Cl4N2O5S2/c17-9-7-15(11(19)5-13(9)21(23)24)28-3-1-27-2-4-29-16-8-10(18)14(22(25)26)6-12(16)20/h5-8H,1-4H2. The van der Waals surface area contributed by atoms with E-state index in [1.54, 1.807) is 0 Å². The lowest BCUT2D eigenvalue weighted by Crippen LogP contribution is -2.01. The number of nitro benzene ring substituents is 2. The van der Waals surface area contributed by atoms with Gasteiger partial charge in [-0.1, -0.05) is 46.4 Å². The van der Waals surface area contributed by atoms with Gasteiger partial charge in [0.05, 0.1) is 33.1 Å². The van der Waals surface area contributed by atoms with E-state index < -0.39 is 9.85 Å². The molecule has 0 aliphatic carbocycles. The van der Waals surface area contributed by atoms with Gasteiger partial charge in [-0.05, 0) is 12.1 Å². The van der Waals surface area contributed by atoms with E-state index in [-0.39, 0.29) is 31.5 Å². The smallest absolute Gasteiger partial charge is 0.289 e. The molecule has 0 atom stereocenters. The van der Waals surface area contributed by atoms with Crippen LogP contribution in [0, 0.1) is 20.2 Å². The molecular weight excluding hydrogens is 506 g/mol. The fraction of sp³-hybridized carbons (Fsp3) is 0.250. The fourth-order valence-electron chi connectivity index (χ4n) is 2.06. The number of nitro groups is 2. The highest BCUT2D eigenvalue weighted by molar-refractivity contribution is 7.99. The van der Waals surface area contributed by atoms with Crippen molar-refractivity contribution in [3.05, 3.63) is 64.6 Å². The number of nitrogens with zero attached hydrogens (tertiary/aromatic N) is 2. The second-order valence-electron chi connectivity index (χ2n) is 5.29. The van der Waals surface area contributed by atoms with Gasteiger partial charge in [0.1, 0.15) is 10.0 Å². The van der Waals surface area contributed by atoms with E-state index in [1.807, 2.05) is 0 Å². The maximum atomic E-state index is 10.8. The Kier molecular flexibility index (Phi) is 9.61. The summed E-state index contributed by atoms with van der Waals surface area (Å²) in [4.78, 5) is 21.7. The van der Waals surface area contributed by atoms with Crippen molar-refractivity contribution in [2.75, 3.05) is 24.7 Å². The molecule has 0 amide bonds. The molecule has 0 aliphatic heterocycles. The van der Waals surface area contributed by atoms with Crippen LogP contribution < -0.4 is 0 Å². The number of hydrogen-bond donors (Lipinski definition) is 0. The highest BCUT2D eigenvalue weighted by atomic mass is 35.5. The summed E-state index contributed by atoms with van der Waals surface area (Å²) in [6.07, 6.45) is 0. The summed E-state index contributed by atoms with van der Waals surface area (Å²) in [5, 5.41) is 22.2. The van der Waals surface area contributed by atoms with Crippen LogP contribution in [0.5, 0.6) is 0 Å². The van der Waals surface area contributed by atoms with Gasteiger partial charge in [-0.15, -0.1) is 23.5 Å². The molecule has 0 bridgehead atoms. The van der Waals surface area contributed by atoms with Crippen molar-refractivity contribution in [3.8, 4) is 0 Å². The quantitative estimate of drug-likeness (QED) is 0.144. The van der Waals surface area contributed by atoms with Crippen LogP contribution in [0.4, 0.5) is 11.4 Å². The highest BCUT2D eigenvalue weighted by Gasteiger charge is 2.17. The Bertz CT molecular complexity index is 859. The van der Waals surface area contributed by atoms with Crippen molar-refractivity contribution >= 4 is 81.3 Å². The molecule has 0 fully saturated rings. The Morgan fingerprint density at radius 3 is 1.45 bits per heavy atom. The summed E-state index contributed by atoms with van der Waals surface area (Å²) in [7, 11) is 0. The first-order valence-corrected chi connectivity index (χ1v) is 11.3. The summed E-state index contributed by atoms with van der Waals surface area (Å²) in [6.45, 7) is 0.843. The zero-order valence-electron chi connectivity index (χ0n) is 14.4. The van der Waals surface area contributed by atoms with Gasteiger partial charge in [0.2, 0.25) is 0 Å². The molecule has 2 aromatic carbocycles. The van der Waals surface area contributed by atoms with Crippen LogP contribution in [0.2, 0.25) is 20.1 Å². The van der Waals surface area contributed by atoms with Gasteiger partial charge >= 0.3 is 0 Å². The molecule has 2 aromatic rings. The van der Waals surface area contributed by atoms with Crippen LogP contribution in [0.15, 0.2) is 34.1 Å². The zero-order chi connectivity index (χ0) is 21.6. The Morgan fingerprint density at radius 2 is 1.10 bits per heavy atom. The average Bonchev–Trinajstić information content (AvgIpc) is 2.65. The molecular formula is C16H12Cl4N2O5S2. The third kappa shape index (κ3) is 7.06. The summed E-state index contributed by atoms with van der Waals surface area (Å²) < 4.78 is 5.53. The predicted octanol–water partition coefficient (Wildman–Crippen LogP) is 7.02. The first-order valence-electron chi connectivity index (χ1n) is 7.81.